The number of nitrogens with one attached hydrogen (secondary N) is 1. The fourth-order valence-corrected chi connectivity index (χ4v) is 2.38. The van der Waals surface area contributed by atoms with E-state index in [2.05, 4.69) is 17.9 Å². The highest BCUT2D eigenvalue weighted by atomic mass is 35.5. The zero-order valence-electron chi connectivity index (χ0n) is 9.45. The quantitative estimate of drug-likeness (QED) is 0.728. The van der Waals surface area contributed by atoms with E-state index in [1.54, 1.807) is 36.4 Å². The fraction of sp³-hybridized carbons (Fsp3) is 0. The van der Waals surface area contributed by atoms with E-state index in [1.165, 1.54) is 0 Å². The zero-order chi connectivity index (χ0) is 14.0. The summed E-state index contributed by atoms with van der Waals surface area (Å²) in [5, 5.41) is 3.69. The minimum absolute atomic E-state index is 0.310. The first-order chi connectivity index (χ1) is 8.99. The molecule has 0 atom stereocenters. The number of carbonyl (C=O) groups excluding carboxylic acids is 1. The van der Waals surface area contributed by atoms with Gasteiger partial charge in [0, 0.05) is 4.90 Å². The summed E-state index contributed by atoms with van der Waals surface area (Å²) in [5.74, 6) is -0.393. The predicted octanol–water partition coefficient (Wildman–Crippen LogP) is 5.19. The van der Waals surface area contributed by atoms with Crippen LogP contribution in [0.15, 0.2) is 41.3 Å². The second kappa shape index (κ2) is 6.06. The Morgan fingerprint density at radius 3 is 2.26 bits per heavy atom. The van der Waals surface area contributed by atoms with Crippen LogP contribution < -0.4 is 5.32 Å². The molecule has 0 aromatic heterocycles. The molecule has 2 rings (SSSR count). The van der Waals surface area contributed by atoms with Crippen molar-refractivity contribution in [3.63, 3.8) is 0 Å². The van der Waals surface area contributed by atoms with Crippen LogP contribution in [-0.2, 0) is 0 Å². The van der Waals surface area contributed by atoms with Gasteiger partial charge in [-0.3, -0.25) is 4.79 Å². The Labute approximate surface area is 131 Å². The van der Waals surface area contributed by atoms with Crippen molar-refractivity contribution >= 4 is 59.0 Å². The maximum atomic E-state index is 12.1. The van der Waals surface area contributed by atoms with E-state index in [9.17, 15) is 4.79 Å². The number of anilines is 1. The highest BCUT2D eigenvalue weighted by Gasteiger charge is 2.14. The summed E-state index contributed by atoms with van der Waals surface area (Å²) in [6, 6.07) is 9.85. The number of benzene rings is 2. The second-order valence-corrected chi connectivity index (χ2v) is 5.45. The van der Waals surface area contributed by atoms with Gasteiger partial charge in [-0.05, 0) is 30.3 Å². The number of hydrogen-bond donors (Lipinski definition) is 2. The molecule has 0 bridgehead atoms. The lowest BCUT2D eigenvalue weighted by Crippen LogP contribution is -2.13. The van der Waals surface area contributed by atoms with E-state index in [0.29, 0.717) is 31.2 Å². The molecule has 0 fully saturated rings. The molecule has 0 heterocycles. The Morgan fingerprint density at radius 2 is 1.63 bits per heavy atom. The third-order valence-corrected chi connectivity index (χ3v) is 3.63. The van der Waals surface area contributed by atoms with Gasteiger partial charge in [-0.1, -0.05) is 40.9 Å². The van der Waals surface area contributed by atoms with Gasteiger partial charge in [-0.25, -0.2) is 0 Å². The predicted molar refractivity (Wildman–Crippen MR) is 83.1 cm³/mol. The van der Waals surface area contributed by atoms with Crippen molar-refractivity contribution in [1.29, 1.82) is 0 Å². The first-order valence-electron chi connectivity index (χ1n) is 5.23. The van der Waals surface area contributed by atoms with Crippen LogP contribution in [0.3, 0.4) is 0 Å². The summed E-state index contributed by atoms with van der Waals surface area (Å²) < 4.78 is 0. The van der Waals surface area contributed by atoms with Crippen molar-refractivity contribution < 1.29 is 4.79 Å². The van der Waals surface area contributed by atoms with Crippen molar-refractivity contribution in [3.8, 4) is 0 Å². The number of carbonyl (C=O) groups is 1. The van der Waals surface area contributed by atoms with Gasteiger partial charge in [0.05, 0.1) is 26.3 Å². The summed E-state index contributed by atoms with van der Waals surface area (Å²) in [6.07, 6.45) is 0. The summed E-state index contributed by atoms with van der Waals surface area (Å²) in [7, 11) is 0. The highest BCUT2D eigenvalue weighted by Crippen LogP contribution is 2.31. The SMILES string of the molecule is O=C(Nc1c(Cl)cccc1Cl)c1cc(S)ccc1Cl. The average molecular weight is 333 g/mol. The van der Waals surface area contributed by atoms with Gasteiger partial charge in [0.25, 0.3) is 5.91 Å². The molecule has 98 valence electrons. The van der Waals surface area contributed by atoms with Gasteiger partial charge in [-0.2, -0.15) is 0 Å². The van der Waals surface area contributed by atoms with E-state index < -0.39 is 5.91 Å². The lowest BCUT2D eigenvalue weighted by molar-refractivity contribution is 0.102. The number of hydrogen-bond acceptors (Lipinski definition) is 2. The number of thiol groups is 1. The molecule has 1 N–H and O–H groups in total. The van der Waals surface area contributed by atoms with Crippen molar-refractivity contribution in [1.82, 2.24) is 0 Å². The van der Waals surface area contributed by atoms with Gasteiger partial charge in [-0.15, -0.1) is 12.6 Å². The molecule has 2 aromatic carbocycles. The number of halogens is 3. The Kier molecular flexibility index (Phi) is 4.63. The number of amides is 1. The summed E-state index contributed by atoms with van der Waals surface area (Å²) in [5.41, 5.74) is 0.668. The van der Waals surface area contributed by atoms with Crippen LogP contribution in [0.5, 0.6) is 0 Å². The van der Waals surface area contributed by atoms with E-state index in [0.717, 1.165) is 0 Å². The van der Waals surface area contributed by atoms with Crippen LogP contribution in [0.1, 0.15) is 10.4 Å². The lowest BCUT2D eigenvalue weighted by Gasteiger charge is -2.10. The molecule has 0 aliphatic heterocycles. The maximum Gasteiger partial charge on any atom is 0.257 e. The van der Waals surface area contributed by atoms with E-state index in [-0.39, 0.29) is 0 Å². The third-order valence-electron chi connectivity index (χ3n) is 2.40. The van der Waals surface area contributed by atoms with Crippen LogP contribution in [0.4, 0.5) is 5.69 Å². The Morgan fingerprint density at radius 1 is 1.00 bits per heavy atom. The Balaban J connectivity index is 2.34. The fourth-order valence-electron chi connectivity index (χ4n) is 1.49. The van der Waals surface area contributed by atoms with Crippen LogP contribution in [-0.4, -0.2) is 5.91 Å². The van der Waals surface area contributed by atoms with Crippen LogP contribution >= 0.6 is 47.4 Å². The van der Waals surface area contributed by atoms with Crippen molar-refractivity contribution in [2.45, 2.75) is 4.90 Å². The third kappa shape index (κ3) is 3.37. The van der Waals surface area contributed by atoms with Gasteiger partial charge >= 0.3 is 0 Å². The van der Waals surface area contributed by atoms with Gasteiger partial charge in [0.15, 0.2) is 0 Å². The average Bonchev–Trinajstić information content (AvgIpc) is 2.37. The summed E-state index contributed by atoms with van der Waals surface area (Å²) in [4.78, 5) is 12.8. The molecule has 0 radical (unpaired) electrons. The maximum absolute atomic E-state index is 12.1. The molecule has 0 saturated heterocycles. The highest BCUT2D eigenvalue weighted by molar-refractivity contribution is 7.80. The molecule has 0 aliphatic rings. The monoisotopic (exact) mass is 331 g/mol. The molecule has 0 aliphatic carbocycles. The first kappa shape index (κ1) is 14.5. The minimum Gasteiger partial charge on any atom is -0.319 e. The lowest BCUT2D eigenvalue weighted by atomic mass is 10.2. The van der Waals surface area contributed by atoms with Crippen LogP contribution in [0, 0.1) is 0 Å². The minimum atomic E-state index is -0.393. The first-order valence-corrected chi connectivity index (χ1v) is 6.81. The normalized spacial score (nSPS) is 10.3. The standard InChI is InChI=1S/C13H8Cl3NOS/c14-9-5-4-7(19)6-8(9)13(18)17-12-10(15)2-1-3-11(12)16/h1-6,19H,(H,17,18). The van der Waals surface area contributed by atoms with Crippen LogP contribution in [0.2, 0.25) is 15.1 Å². The Bertz CT molecular complexity index is 626. The van der Waals surface area contributed by atoms with E-state index in [4.69, 9.17) is 34.8 Å². The van der Waals surface area contributed by atoms with E-state index in [1.807, 2.05) is 0 Å². The molecular weight excluding hydrogens is 325 g/mol. The van der Waals surface area contributed by atoms with Gasteiger partial charge in [0.2, 0.25) is 0 Å². The second-order valence-electron chi connectivity index (χ2n) is 3.71. The molecule has 19 heavy (non-hydrogen) atoms. The number of rotatable bonds is 2. The van der Waals surface area contributed by atoms with E-state index >= 15 is 0 Å². The molecule has 2 aromatic rings. The van der Waals surface area contributed by atoms with Gasteiger partial charge < -0.3 is 5.32 Å². The molecule has 0 unspecified atom stereocenters. The molecule has 0 saturated carbocycles. The smallest absolute Gasteiger partial charge is 0.257 e. The molecule has 1 amide bonds. The molecular formula is C13H8Cl3NOS. The van der Waals surface area contributed by atoms with Crippen molar-refractivity contribution in [2.75, 3.05) is 5.32 Å². The zero-order valence-corrected chi connectivity index (χ0v) is 12.6. The van der Waals surface area contributed by atoms with Gasteiger partial charge in [0.1, 0.15) is 0 Å². The topological polar surface area (TPSA) is 29.1 Å². The summed E-state index contributed by atoms with van der Waals surface area (Å²) >= 11 is 22.1. The van der Waals surface area contributed by atoms with Crippen molar-refractivity contribution in [2.24, 2.45) is 0 Å². The van der Waals surface area contributed by atoms with Crippen molar-refractivity contribution in [3.05, 3.63) is 57.0 Å². The molecule has 0 spiro atoms. The molecule has 2 nitrogen and oxygen atoms in total. The summed E-state index contributed by atoms with van der Waals surface area (Å²) in [6.45, 7) is 0. The van der Waals surface area contributed by atoms with Crippen LogP contribution in [0.25, 0.3) is 0 Å². The number of para-hydroxylation sites is 1. The molecule has 6 heteroatoms. The Hall–Kier alpha value is -0.870. The largest absolute Gasteiger partial charge is 0.319 e.